The third-order valence-electron chi connectivity index (χ3n) is 2.50. The van der Waals surface area contributed by atoms with Crippen LogP contribution in [0.2, 0.25) is 0 Å². The third kappa shape index (κ3) is 3.12. The maximum Gasteiger partial charge on any atom is 0.255 e. The smallest absolute Gasteiger partial charge is 0.255 e. The molecule has 6 heteroatoms. The number of amides is 1. The SMILES string of the molecule is NC(=O)Cc1cc(OC2CC(F)(F)C2)ccn1. The number of aromatic nitrogens is 1. The van der Waals surface area contributed by atoms with Gasteiger partial charge in [0, 0.05) is 25.1 Å². The molecule has 2 N–H and O–H groups in total. The third-order valence-corrected chi connectivity index (χ3v) is 2.50. The molecule has 4 nitrogen and oxygen atoms in total. The first-order valence-electron chi connectivity index (χ1n) is 5.22. The minimum Gasteiger partial charge on any atom is -0.490 e. The van der Waals surface area contributed by atoms with Gasteiger partial charge in [0.05, 0.1) is 12.1 Å². The van der Waals surface area contributed by atoms with Crippen molar-refractivity contribution in [1.82, 2.24) is 4.98 Å². The lowest BCUT2D eigenvalue weighted by molar-refractivity contribution is -0.134. The van der Waals surface area contributed by atoms with E-state index in [-0.39, 0.29) is 19.3 Å². The van der Waals surface area contributed by atoms with Crippen molar-refractivity contribution in [3.8, 4) is 5.75 Å². The molecule has 0 radical (unpaired) electrons. The van der Waals surface area contributed by atoms with Gasteiger partial charge in [0.25, 0.3) is 5.92 Å². The van der Waals surface area contributed by atoms with Crippen molar-refractivity contribution in [2.24, 2.45) is 5.73 Å². The maximum absolute atomic E-state index is 12.6. The summed E-state index contributed by atoms with van der Waals surface area (Å²) < 4.78 is 30.5. The molecule has 0 unspecified atom stereocenters. The number of pyridine rings is 1. The number of halogens is 2. The average molecular weight is 242 g/mol. The number of rotatable bonds is 4. The highest BCUT2D eigenvalue weighted by molar-refractivity contribution is 5.76. The Balaban J connectivity index is 1.95. The normalized spacial score (nSPS) is 18.5. The first-order chi connectivity index (χ1) is 7.94. The molecule has 0 aromatic carbocycles. The number of alkyl halides is 2. The highest BCUT2D eigenvalue weighted by atomic mass is 19.3. The van der Waals surface area contributed by atoms with E-state index in [1.54, 1.807) is 12.1 Å². The van der Waals surface area contributed by atoms with Gasteiger partial charge in [0.2, 0.25) is 5.91 Å². The zero-order valence-corrected chi connectivity index (χ0v) is 9.03. The van der Waals surface area contributed by atoms with E-state index in [4.69, 9.17) is 10.5 Å². The molecule has 1 saturated carbocycles. The topological polar surface area (TPSA) is 65.2 Å². The van der Waals surface area contributed by atoms with Crippen LogP contribution in [0.15, 0.2) is 18.3 Å². The fraction of sp³-hybridized carbons (Fsp3) is 0.455. The molecule has 1 amide bonds. The van der Waals surface area contributed by atoms with Crippen LogP contribution in [0.25, 0.3) is 0 Å². The van der Waals surface area contributed by atoms with Crippen molar-refractivity contribution >= 4 is 5.91 Å². The Morgan fingerprint density at radius 2 is 2.29 bits per heavy atom. The molecule has 1 aromatic heterocycles. The van der Waals surface area contributed by atoms with Crippen molar-refractivity contribution in [3.05, 3.63) is 24.0 Å². The van der Waals surface area contributed by atoms with Gasteiger partial charge in [-0.05, 0) is 6.07 Å². The lowest BCUT2D eigenvalue weighted by atomic mass is 9.91. The molecular formula is C11H12F2N2O2. The highest BCUT2D eigenvalue weighted by Crippen LogP contribution is 2.39. The predicted molar refractivity (Wildman–Crippen MR) is 55.7 cm³/mol. The monoisotopic (exact) mass is 242 g/mol. The van der Waals surface area contributed by atoms with Gasteiger partial charge in [-0.3, -0.25) is 9.78 Å². The van der Waals surface area contributed by atoms with E-state index in [1.807, 2.05) is 0 Å². The molecule has 1 fully saturated rings. The van der Waals surface area contributed by atoms with Crippen LogP contribution in [0, 0.1) is 0 Å². The van der Waals surface area contributed by atoms with E-state index in [9.17, 15) is 13.6 Å². The van der Waals surface area contributed by atoms with Crippen LogP contribution in [0.5, 0.6) is 5.75 Å². The Morgan fingerprint density at radius 3 is 2.88 bits per heavy atom. The molecule has 1 aromatic rings. The summed E-state index contributed by atoms with van der Waals surface area (Å²) in [6.45, 7) is 0. The molecule has 17 heavy (non-hydrogen) atoms. The summed E-state index contributed by atoms with van der Waals surface area (Å²) in [7, 11) is 0. The van der Waals surface area contributed by atoms with Crippen LogP contribution in [0.1, 0.15) is 18.5 Å². The van der Waals surface area contributed by atoms with Gasteiger partial charge in [-0.1, -0.05) is 0 Å². The molecule has 1 aliphatic rings. The molecule has 2 rings (SSSR count). The number of carbonyl (C=O) groups excluding carboxylic acids is 1. The van der Waals surface area contributed by atoms with Gasteiger partial charge >= 0.3 is 0 Å². The molecule has 1 aliphatic carbocycles. The summed E-state index contributed by atoms with van der Waals surface area (Å²) in [4.78, 5) is 14.6. The Bertz CT molecular complexity index is 429. The fourth-order valence-electron chi connectivity index (χ4n) is 1.69. The number of hydrogen-bond donors (Lipinski definition) is 1. The molecule has 0 atom stereocenters. The Labute approximate surface area is 96.8 Å². The van der Waals surface area contributed by atoms with Crippen LogP contribution in [-0.2, 0) is 11.2 Å². The molecule has 0 aliphatic heterocycles. The number of carbonyl (C=O) groups is 1. The number of primary amides is 1. The van der Waals surface area contributed by atoms with Gasteiger partial charge in [-0.25, -0.2) is 8.78 Å². The van der Waals surface area contributed by atoms with Crippen LogP contribution >= 0.6 is 0 Å². The van der Waals surface area contributed by atoms with Crippen molar-refractivity contribution in [3.63, 3.8) is 0 Å². The van der Waals surface area contributed by atoms with Gasteiger partial charge in [0.15, 0.2) is 0 Å². The van der Waals surface area contributed by atoms with E-state index >= 15 is 0 Å². The largest absolute Gasteiger partial charge is 0.490 e. The number of ether oxygens (including phenoxy) is 1. The average Bonchev–Trinajstić information content (AvgIpc) is 2.14. The molecule has 1 heterocycles. The van der Waals surface area contributed by atoms with Crippen LogP contribution in [0.4, 0.5) is 8.78 Å². The van der Waals surface area contributed by atoms with E-state index in [0.717, 1.165) is 0 Å². The maximum atomic E-state index is 12.6. The molecule has 92 valence electrons. The van der Waals surface area contributed by atoms with Gasteiger partial charge in [0.1, 0.15) is 11.9 Å². The van der Waals surface area contributed by atoms with E-state index in [2.05, 4.69) is 4.98 Å². The second-order valence-electron chi connectivity index (χ2n) is 4.13. The molecule has 0 saturated heterocycles. The molecule has 0 bridgehead atoms. The van der Waals surface area contributed by atoms with Crippen LogP contribution < -0.4 is 10.5 Å². The zero-order chi connectivity index (χ0) is 12.5. The Hall–Kier alpha value is -1.72. The standard InChI is InChI=1S/C11H12F2N2O2/c12-11(13)5-9(6-11)17-8-1-2-15-7(3-8)4-10(14)16/h1-3,9H,4-6H2,(H2,14,16). The summed E-state index contributed by atoms with van der Waals surface area (Å²) in [5.41, 5.74) is 5.50. The number of nitrogens with zero attached hydrogens (tertiary/aromatic N) is 1. The Morgan fingerprint density at radius 1 is 1.59 bits per heavy atom. The summed E-state index contributed by atoms with van der Waals surface area (Å²) in [5.74, 6) is -2.66. The predicted octanol–water partition coefficient (Wildman–Crippen LogP) is 1.29. The summed E-state index contributed by atoms with van der Waals surface area (Å²) in [6, 6.07) is 3.11. The fourth-order valence-corrected chi connectivity index (χ4v) is 1.69. The quantitative estimate of drug-likeness (QED) is 0.865. The minimum atomic E-state index is -2.60. The van der Waals surface area contributed by atoms with Crippen molar-refractivity contribution in [1.29, 1.82) is 0 Å². The summed E-state index contributed by atoms with van der Waals surface area (Å²) in [6.07, 6.45) is 0.484. The zero-order valence-electron chi connectivity index (χ0n) is 9.03. The van der Waals surface area contributed by atoms with Gasteiger partial charge < -0.3 is 10.5 Å². The lowest BCUT2D eigenvalue weighted by Gasteiger charge is -2.34. The first kappa shape index (κ1) is 11.8. The van der Waals surface area contributed by atoms with Crippen molar-refractivity contribution in [2.75, 3.05) is 0 Å². The van der Waals surface area contributed by atoms with Gasteiger partial charge in [-0.2, -0.15) is 0 Å². The summed E-state index contributed by atoms with van der Waals surface area (Å²) in [5, 5.41) is 0. The van der Waals surface area contributed by atoms with Crippen LogP contribution in [0.3, 0.4) is 0 Å². The van der Waals surface area contributed by atoms with E-state index < -0.39 is 17.9 Å². The van der Waals surface area contributed by atoms with Crippen molar-refractivity contribution < 1.29 is 18.3 Å². The molecular weight excluding hydrogens is 230 g/mol. The van der Waals surface area contributed by atoms with Crippen molar-refractivity contribution in [2.45, 2.75) is 31.3 Å². The second kappa shape index (κ2) is 4.27. The highest BCUT2D eigenvalue weighted by Gasteiger charge is 2.46. The minimum absolute atomic E-state index is 0.0119. The lowest BCUT2D eigenvalue weighted by Crippen LogP contribution is -2.43. The summed E-state index contributed by atoms with van der Waals surface area (Å²) >= 11 is 0. The molecule has 0 spiro atoms. The van der Waals surface area contributed by atoms with Crippen LogP contribution in [-0.4, -0.2) is 22.9 Å². The van der Waals surface area contributed by atoms with E-state index in [1.165, 1.54) is 6.20 Å². The number of hydrogen-bond acceptors (Lipinski definition) is 3. The Kier molecular flexibility index (Phi) is 2.95. The second-order valence-corrected chi connectivity index (χ2v) is 4.13. The first-order valence-corrected chi connectivity index (χ1v) is 5.22. The van der Waals surface area contributed by atoms with Gasteiger partial charge in [-0.15, -0.1) is 0 Å². The number of nitrogens with two attached hydrogens (primary N) is 1. The van der Waals surface area contributed by atoms with E-state index in [0.29, 0.717) is 11.4 Å².